The van der Waals surface area contributed by atoms with Gasteiger partial charge in [0.05, 0.1) is 5.38 Å². The van der Waals surface area contributed by atoms with E-state index in [0.29, 0.717) is 5.92 Å². The van der Waals surface area contributed by atoms with Crippen molar-refractivity contribution >= 4 is 22.9 Å². The third-order valence-electron chi connectivity index (χ3n) is 4.68. The van der Waals surface area contributed by atoms with Crippen molar-refractivity contribution in [2.75, 3.05) is 0 Å². The van der Waals surface area contributed by atoms with Gasteiger partial charge in [0.15, 0.2) is 0 Å². The highest BCUT2D eigenvalue weighted by Crippen LogP contribution is 2.38. The Morgan fingerprint density at radius 3 is 2.43 bits per heavy atom. The van der Waals surface area contributed by atoms with Gasteiger partial charge >= 0.3 is 0 Å². The van der Waals surface area contributed by atoms with Crippen LogP contribution in [0.15, 0.2) is 30.3 Å². The molecule has 0 saturated carbocycles. The van der Waals surface area contributed by atoms with E-state index in [2.05, 4.69) is 44.2 Å². The normalized spacial score (nSPS) is 17.3. The molecule has 1 heterocycles. The lowest BCUT2D eigenvalue weighted by atomic mass is 9.96. The Balaban J connectivity index is 1.81. The zero-order valence-corrected chi connectivity index (χ0v) is 14.4. The quantitative estimate of drug-likeness (QED) is 0.567. The maximum absolute atomic E-state index is 6.73. The van der Waals surface area contributed by atoms with Crippen LogP contribution in [-0.4, -0.2) is 0 Å². The summed E-state index contributed by atoms with van der Waals surface area (Å²) in [6.07, 6.45) is 6.34. The molecule has 1 aliphatic rings. The molecule has 0 saturated heterocycles. The number of benzene rings is 1. The molecule has 112 valence electrons. The molecule has 0 fully saturated rings. The Bertz CT molecular complexity index is 573. The SMILES string of the molecule is CCC(C)c1ccc(C(Cl)c2cc3c(s2)CCCC3)cc1. The van der Waals surface area contributed by atoms with Crippen LogP contribution < -0.4 is 0 Å². The molecule has 0 spiro atoms. The zero-order chi connectivity index (χ0) is 14.8. The summed E-state index contributed by atoms with van der Waals surface area (Å²) in [5.74, 6) is 0.627. The summed E-state index contributed by atoms with van der Waals surface area (Å²) in [4.78, 5) is 2.89. The van der Waals surface area contributed by atoms with Crippen LogP contribution in [0, 0.1) is 0 Å². The van der Waals surface area contributed by atoms with Gasteiger partial charge in [-0.15, -0.1) is 22.9 Å². The highest BCUT2D eigenvalue weighted by atomic mass is 35.5. The monoisotopic (exact) mass is 318 g/mol. The lowest BCUT2D eigenvalue weighted by Crippen LogP contribution is -1.96. The van der Waals surface area contributed by atoms with Crippen LogP contribution in [-0.2, 0) is 12.8 Å². The first kappa shape index (κ1) is 15.1. The van der Waals surface area contributed by atoms with Crippen molar-refractivity contribution in [1.82, 2.24) is 0 Å². The van der Waals surface area contributed by atoms with E-state index in [9.17, 15) is 0 Å². The second-order valence-corrected chi connectivity index (χ2v) is 7.75. The number of hydrogen-bond acceptors (Lipinski definition) is 1. The summed E-state index contributed by atoms with van der Waals surface area (Å²) < 4.78 is 0. The molecule has 2 aromatic rings. The highest BCUT2D eigenvalue weighted by Gasteiger charge is 2.19. The van der Waals surface area contributed by atoms with Crippen molar-refractivity contribution in [2.24, 2.45) is 0 Å². The molecule has 2 heteroatoms. The molecule has 0 bridgehead atoms. The van der Waals surface area contributed by atoms with Crippen molar-refractivity contribution in [3.8, 4) is 0 Å². The summed E-state index contributed by atoms with van der Waals surface area (Å²) in [7, 11) is 0. The number of aryl methyl sites for hydroxylation is 2. The average molecular weight is 319 g/mol. The Morgan fingerprint density at radius 1 is 1.10 bits per heavy atom. The maximum atomic E-state index is 6.73. The van der Waals surface area contributed by atoms with Gasteiger partial charge < -0.3 is 0 Å². The number of rotatable bonds is 4. The minimum absolute atomic E-state index is 0.00610. The van der Waals surface area contributed by atoms with Crippen LogP contribution >= 0.6 is 22.9 Å². The highest BCUT2D eigenvalue weighted by molar-refractivity contribution is 7.12. The fraction of sp³-hybridized carbons (Fsp3) is 0.474. The number of hydrogen-bond donors (Lipinski definition) is 0. The average Bonchev–Trinajstić information content (AvgIpc) is 2.97. The van der Waals surface area contributed by atoms with Crippen LogP contribution in [0.4, 0.5) is 0 Å². The predicted molar refractivity (Wildman–Crippen MR) is 93.8 cm³/mol. The van der Waals surface area contributed by atoms with E-state index in [1.54, 1.807) is 10.4 Å². The van der Waals surface area contributed by atoms with Gasteiger partial charge in [-0.3, -0.25) is 0 Å². The van der Waals surface area contributed by atoms with Crippen molar-refractivity contribution in [2.45, 2.75) is 57.2 Å². The molecule has 1 aromatic heterocycles. The van der Waals surface area contributed by atoms with Crippen molar-refractivity contribution in [3.05, 3.63) is 56.8 Å². The van der Waals surface area contributed by atoms with E-state index in [-0.39, 0.29) is 5.38 Å². The molecular weight excluding hydrogens is 296 g/mol. The molecule has 1 aromatic carbocycles. The Morgan fingerprint density at radius 2 is 1.76 bits per heavy atom. The Kier molecular flexibility index (Phi) is 4.71. The van der Waals surface area contributed by atoms with E-state index in [0.717, 1.165) is 0 Å². The zero-order valence-electron chi connectivity index (χ0n) is 12.9. The van der Waals surface area contributed by atoms with Crippen LogP contribution in [0.25, 0.3) is 0 Å². The molecule has 2 atom stereocenters. The lowest BCUT2D eigenvalue weighted by Gasteiger charge is -2.12. The Labute approximate surface area is 137 Å². The maximum Gasteiger partial charge on any atom is 0.0927 e. The molecule has 0 N–H and O–H groups in total. The van der Waals surface area contributed by atoms with E-state index in [4.69, 9.17) is 11.6 Å². The van der Waals surface area contributed by atoms with Gasteiger partial charge in [-0.1, -0.05) is 38.1 Å². The van der Waals surface area contributed by atoms with Gasteiger partial charge in [0.1, 0.15) is 0 Å². The third-order valence-corrected chi connectivity index (χ3v) is 6.59. The number of thiophene rings is 1. The van der Waals surface area contributed by atoms with Crippen molar-refractivity contribution < 1.29 is 0 Å². The largest absolute Gasteiger partial charge is 0.143 e. The summed E-state index contributed by atoms with van der Waals surface area (Å²) in [6.45, 7) is 4.51. The van der Waals surface area contributed by atoms with Crippen LogP contribution in [0.1, 0.15) is 70.8 Å². The smallest absolute Gasteiger partial charge is 0.0927 e. The molecule has 1 aliphatic carbocycles. The molecule has 2 unspecified atom stereocenters. The molecule has 0 amide bonds. The van der Waals surface area contributed by atoms with Crippen molar-refractivity contribution in [3.63, 3.8) is 0 Å². The molecule has 0 radical (unpaired) electrons. The predicted octanol–water partition coefficient (Wildman–Crippen LogP) is 6.47. The first-order valence-electron chi connectivity index (χ1n) is 8.04. The van der Waals surface area contributed by atoms with Crippen LogP contribution in [0.3, 0.4) is 0 Å². The van der Waals surface area contributed by atoms with Crippen LogP contribution in [0.5, 0.6) is 0 Å². The van der Waals surface area contributed by atoms with Gasteiger partial charge in [0, 0.05) is 9.75 Å². The van der Waals surface area contributed by atoms with E-state index in [1.165, 1.54) is 48.1 Å². The molecule has 3 rings (SSSR count). The molecule has 0 nitrogen and oxygen atoms in total. The minimum atomic E-state index is 0.00610. The van der Waals surface area contributed by atoms with Gasteiger partial charge in [0.25, 0.3) is 0 Å². The fourth-order valence-corrected chi connectivity index (χ4v) is 4.64. The summed E-state index contributed by atoms with van der Waals surface area (Å²) in [5, 5.41) is 0.00610. The van der Waals surface area contributed by atoms with E-state index in [1.807, 2.05) is 11.3 Å². The molecule has 21 heavy (non-hydrogen) atoms. The van der Waals surface area contributed by atoms with E-state index < -0.39 is 0 Å². The first-order valence-corrected chi connectivity index (χ1v) is 9.29. The molecule has 0 aliphatic heterocycles. The number of alkyl halides is 1. The number of fused-ring (bicyclic) bond motifs is 1. The first-order chi connectivity index (χ1) is 10.2. The molecular formula is C19H23ClS. The lowest BCUT2D eigenvalue weighted by molar-refractivity contribution is 0.697. The van der Waals surface area contributed by atoms with Gasteiger partial charge in [-0.05, 0) is 60.8 Å². The van der Waals surface area contributed by atoms with Gasteiger partial charge in [-0.25, -0.2) is 0 Å². The van der Waals surface area contributed by atoms with Crippen LogP contribution in [0.2, 0.25) is 0 Å². The van der Waals surface area contributed by atoms with Crippen molar-refractivity contribution in [1.29, 1.82) is 0 Å². The fourth-order valence-electron chi connectivity index (χ4n) is 3.03. The summed E-state index contributed by atoms with van der Waals surface area (Å²) >= 11 is 8.65. The number of halogens is 1. The summed E-state index contributed by atoms with van der Waals surface area (Å²) in [6, 6.07) is 11.2. The second-order valence-electron chi connectivity index (χ2n) is 6.14. The standard InChI is InChI=1S/C19H23ClS/c1-3-13(2)14-8-10-15(11-9-14)19(20)18-12-16-6-4-5-7-17(16)21-18/h8-13,19H,3-7H2,1-2H3. The minimum Gasteiger partial charge on any atom is -0.143 e. The van der Waals surface area contributed by atoms with Gasteiger partial charge in [0.2, 0.25) is 0 Å². The topological polar surface area (TPSA) is 0 Å². The Hall–Kier alpha value is -0.790. The van der Waals surface area contributed by atoms with E-state index >= 15 is 0 Å². The third kappa shape index (κ3) is 3.19. The van der Waals surface area contributed by atoms with Gasteiger partial charge in [-0.2, -0.15) is 0 Å². The second kappa shape index (κ2) is 6.54. The summed E-state index contributed by atoms with van der Waals surface area (Å²) in [5.41, 5.74) is 4.18.